The lowest BCUT2D eigenvalue weighted by molar-refractivity contribution is -0.136. The van der Waals surface area contributed by atoms with Crippen molar-refractivity contribution in [3.8, 4) is 11.8 Å². The van der Waals surface area contributed by atoms with Gasteiger partial charge in [-0.25, -0.2) is 4.39 Å². The van der Waals surface area contributed by atoms with E-state index in [0.717, 1.165) is 101 Å². The van der Waals surface area contributed by atoms with E-state index in [1.165, 1.54) is 6.07 Å². The lowest BCUT2D eigenvalue weighted by atomic mass is 9.86. The van der Waals surface area contributed by atoms with Gasteiger partial charge in [0.25, 0.3) is 17.7 Å². The van der Waals surface area contributed by atoms with E-state index in [4.69, 9.17) is 21.6 Å². The van der Waals surface area contributed by atoms with E-state index in [-0.39, 0.29) is 53.1 Å². The summed E-state index contributed by atoms with van der Waals surface area (Å²) >= 11 is 6.15. The van der Waals surface area contributed by atoms with Crippen molar-refractivity contribution in [1.29, 1.82) is 5.26 Å². The third kappa shape index (κ3) is 8.25. The number of likely N-dealkylation sites (tertiary alicyclic amines) is 1. The molecule has 2 unspecified atom stereocenters. The number of hydrogen-bond donors (Lipinski definition) is 2. The zero-order chi connectivity index (χ0) is 42.4. The van der Waals surface area contributed by atoms with Crippen LogP contribution in [0, 0.1) is 28.5 Å². The first-order valence-electron chi connectivity index (χ1n) is 21.2. The predicted molar refractivity (Wildman–Crippen MR) is 221 cm³/mol. The van der Waals surface area contributed by atoms with Gasteiger partial charge in [0.1, 0.15) is 23.7 Å². The van der Waals surface area contributed by atoms with Gasteiger partial charge in [-0.15, -0.1) is 10.2 Å². The van der Waals surface area contributed by atoms with Gasteiger partial charge in [0, 0.05) is 63.2 Å². The summed E-state index contributed by atoms with van der Waals surface area (Å²) in [6, 6.07) is 12.2. The Kier molecular flexibility index (Phi) is 11.1. The highest BCUT2D eigenvalue weighted by Crippen LogP contribution is 2.43. The van der Waals surface area contributed by atoms with Crippen LogP contribution in [0.15, 0.2) is 42.5 Å². The third-order valence-electron chi connectivity index (χ3n) is 13.5. The number of aromatic nitrogens is 2. The van der Waals surface area contributed by atoms with Gasteiger partial charge in [0.2, 0.25) is 11.8 Å². The van der Waals surface area contributed by atoms with Crippen molar-refractivity contribution < 1.29 is 33.1 Å². The number of nitrogens with zero attached hydrogens (tertiary/aromatic N) is 7. The Hall–Kier alpha value is -5.66. The van der Waals surface area contributed by atoms with Gasteiger partial charge in [-0.1, -0.05) is 11.6 Å². The number of anilines is 2. The van der Waals surface area contributed by atoms with Gasteiger partial charge in [-0.2, -0.15) is 5.26 Å². The number of amides is 5. The van der Waals surface area contributed by atoms with Gasteiger partial charge < -0.3 is 24.8 Å². The molecule has 61 heavy (non-hydrogen) atoms. The summed E-state index contributed by atoms with van der Waals surface area (Å²) < 4.78 is 21.7. The Morgan fingerprint density at radius 1 is 0.902 bits per heavy atom. The molecule has 5 aliphatic heterocycles. The zero-order valence-corrected chi connectivity index (χ0v) is 34.5. The molecule has 4 saturated heterocycles. The van der Waals surface area contributed by atoms with E-state index in [0.29, 0.717) is 41.0 Å². The molecule has 6 aliphatic rings. The predicted octanol–water partition coefficient (Wildman–Crippen LogP) is 4.48. The Balaban J connectivity index is 0.718. The maximum atomic E-state index is 15.6. The van der Waals surface area contributed by atoms with E-state index in [9.17, 15) is 24.0 Å². The van der Waals surface area contributed by atoms with Gasteiger partial charge in [0.15, 0.2) is 11.5 Å². The fraction of sp³-hybridized carbons (Fsp3) is 0.500. The van der Waals surface area contributed by atoms with Crippen LogP contribution in [-0.2, 0) is 9.59 Å². The molecule has 318 valence electrons. The summed E-state index contributed by atoms with van der Waals surface area (Å²) in [5.74, 6) is -1.39. The Bertz CT molecular complexity index is 2310. The number of carbonyl (C=O) groups excluding carboxylic acids is 5. The van der Waals surface area contributed by atoms with Crippen LogP contribution in [0.2, 0.25) is 5.02 Å². The SMILES string of the molecule is N#Cc1ccc(OC2CCC(NC(=O)c3ccc(N4CCC(CN5CCC6(CCN(c7cc8c(cc7F)C(=O)N(C7CCC(=O)NC7=O)C8=O)C6)C5)CC4)nn3)CC2)cc1Cl. The molecule has 1 aliphatic carbocycles. The second-order valence-electron chi connectivity index (χ2n) is 17.5. The minimum absolute atomic E-state index is 0.00455. The number of rotatable bonds is 9. The molecule has 2 aromatic carbocycles. The standard InChI is InChI=1S/C44H47ClFN9O6/c45-33-19-30(4-1-27(33)22-47)61-29-5-2-28(3-6-29)48-40(57)35-7-9-38(51-50-35)53-15-11-26(12-16-53)23-52-17-13-44(24-52)14-18-54(25-44)37-21-32-31(20-34(37)46)42(59)55(43(32)60)36-8-10-39(56)49-41(36)58/h1,4,7,9,19-21,26,28-29,36H,2-3,5-6,8,10-18,23-25H2,(H,48,57)(H,49,56,58). The summed E-state index contributed by atoms with van der Waals surface area (Å²) in [6.07, 6.45) is 7.09. The van der Waals surface area contributed by atoms with E-state index in [1.807, 2.05) is 17.0 Å². The average Bonchev–Trinajstić information content (AvgIpc) is 3.93. The lowest BCUT2D eigenvalue weighted by Gasteiger charge is -2.34. The summed E-state index contributed by atoms with van der Waals surface area (Å²) in [4.78, 5) is 71.4. The molecule has 15 nitrogen and oxygen atoms in total. The van der Waals surface area contributed by atoms with Gasteiger partial charge in [0.05, 0.1) is 33.5 Å². The van der Waals surface area contributed by atoms with Gasteiger partial charge >= 0.3 is 0 Å². The molecule has 1 saturated carbocycles. The molecule has 3 aromatic rings. The van der Waals surface area contributed by atoms with Crippen LogP contribution in [0.25, 0.3) is 0 Å². The topological polar surface area (TPSA) is 181 Å². The first-order valence-corrected chi connectivity index (χ1v) is 21.6. The van der Waals surface area contributed by atoms with E-state index >= 15 is 4.39 Å². The second-order valence-corrected chi connectivity index (χ2v) is 17.9. The maximum absolute atomic E-state index is 15.6. The van der Waals surface area contributed by atoms with Crippen molar-refractivity contribution in [3.63, 3.8) is 0 Å². The normalized spacial score (nSPS) is 25.9. The van der Waals surface area contributed by atoms with Crippen LogP contribution in [-0.4, -0.2) is 114 Å². The highest BCUT2D eigenvalue weighted by Gasteiger charge is 2.47. The number of nitrogens with one attached hydrogen (secondary N) is 2. The highest BCUT2D eigenvalue weighted by atomic mass is 35.5. The smallest absolute Gasteiger partial charge is 0.272 e. The summed E-state index contributed by atoms with van der Waals surface area (Å²) in [5, 5.41) is 23.5. The van der Waals surface area contributed by atoms with Crippen molar-refractivity contribution >= 4 is 52.6 Å². The average molecular weight is 852 g/mol. The quantitative estimate of drug-likeness (QED) is 0.289. The zero-order valence-electron chi connectivity index (χ0n) is 33.7. The molecular formula is C44H47ClFN9O6. The van der Waals surface area contributed by atoms with E-state index in [1.54, 1.807) is 24.3 Å². The van der Waals surface area contributed by atoms with Crippen molar-refractivity contribution in [3.05, 3.63) is 75.7 Å². The molecule has 0 bridgehead atoms. The fourth-order valence-corrected chi connectivity index (χ4v) is 10.4. The van der Waals surface area contributed by atoms with Crippen molar-refractivity contribution in [2.75, 3.05) is 55.6 Å². The molecular weight excluding hydrogens is 805 g/mol. The lowest BCUT2D eigenvalue weighted by Crippen LogP contribution is -2.54. The number of ether oxygens (including phenoxy) is 1. The van der Waals surface area contributed by atoms with Crippen LogP contribution in [0.4, 0.5) is 15.9 Å². The third-order valence-corrected chi connectivity index (χ3v) is 13.8. The number of benzene rings is 2. The van der Waals surface area contributed by atoms with Crippen LogP contribution >= 0.6 is 11.6 Å². The van der Waals surface area contributed by atoms with Crippen LogP contribution in [0.5, 0.6) is 5.75 Å². The minimum atomic E-state index is -1.10. The largest absolute Gasteiger partial charge is 0.490 e. The molecule has 2 N–H and O–H groups in total. The van der Waals surface area contributed by atoms with E-state index in [2.05, 4.69) is 30.6 Å². The van der Waals surface area contributed by atoms with Crippen molar-refractivity contribution in [2.45, 2.75) is 82.4 Å². The monoisotopic (exact) mass is 851 g/mol. The molecule has 6 heterocycles. The van der Waals surface area contributed by atoms with Crippen LogP contribution in [0.1, 0.15) is 101 Å². The highest BCUT2D eigenvalue weighted by molar-refractivity contribution is 6.31. The summed E-state index contributed by atoms with van der Waals surface area (Å²) in [5.41, 5.74) is 1.03. The number of fused-ring (bicyclic) bond motifs is 1. The van der Waals surface area contributed by atoms with E-state index < -0.39 is 35.5 Å². The molecule has 5 fully saturated rings. The first kappa shape index (κ1) is 40.7. The molecule has 2 atom stereocenters. The fourth-order valence-electron chi connectivity index (χ4n) is 10.1. The minimum Gasteiger partial charge on any atom is -0.490 e. The number of imide groups is 2. The molecule has 1 spiro atoms. The molecule has 9 rings (SSSR count). The molecule has 17 heteroatoms. The van der Waals surface area contributed by atoms with Crippen molar-refractivity contribution in [2.24, 2.45) is 11.3 Å². The van der Waals surface area contributed by atoms with Crippen LogP contribution in [0.3, 0.4) is 0 Å². The first-order chi connectivity index (χ1) is 29.5. The number of piperidine rings is 2. The summed E-state index contributed by atoms with van der Waals surface area (Å²) in [7, 11) is 0. The molecule has 0 radical (unpaired) electrons. The Labute approximate surface area is 357 Å². The summed E-state index contributed by atoms with van der Waals surface area (Å²) in [6.45, 7) is 5.84. The Morgan fingerprint density at radius 2 is 1.66 bits per heavy atom. The number of halogens is 2. The number of hydrogen-bond acceptors (Lipinski definition) is 12. The van der Waals surface area contributed by atoms with Gasteiger partial charge in [-0.05, 0) is 107 Å². The Morgan fingerprint density at radius 3 is 2.36 bits per heavy atom. The second kappa shape index (κ2) is 16.7. The van der Waals surface area contributed by atoms with Crippen LogP contribution < -0.4 is 25.2 Å². The molecule has 5 amide bonds. The van der Waals surface area contributed by atoms with Crippen molar-refractivity contribution in [1.82, 2.24) is 30.6 Å². The van der Waals surface area contributed by atoms with Gasteiger partial charge in [-0.3, -0.25) is 34.2 Å². The molecule has 1 aromatic heterocycles. The maximum Gasteiger partial charge on any atom is 0.272 e. The number of nitriles is 1. The number of carbonyl (C=O) groups is 5.